The summed E-state index contributed by atoms with van der Waals surface area (Å²) in [5.74, 6) is 1.61. The van der Waals surface area contributed by atoms with Crippen LogP contribution in [0.1, 0.15) is 11.4 Å². The number of aromatic nitrogens is 3. The second-order valence-corrected chi connectivity index (χ2v) is 5.06. The van der Waals surface area contributed by atoms with Gasteiger partial charge in [0.2, 0.25) is 5.16 Å². The molecule has 17 heavy (non-hydrogen) atoms. The average Bonchev–Trinajstić information content (AvgIpc) is 2.72. The van der Waals surface area contributed by atoms with Crippen LogP contribution in [-0.2, 0) is 0 Å². The fourth-order valence-electron chi connectivity index (χ4n) is 1.61. The number of hydrogen-bond acceptors (Lipinski definition) is 4. The molecule has 2 aromatic rings. The first-order valence-corrected chi connectivity index (χ1v) is 6.49. The molecule has 6 heteroatoms. The average molecular weight is 265 g/mol. The highest BCUT2D eigenvalue weighted by atomic mass is 35.5. The zero-order valence-corrected chi connectivity index (χ0v) is 10.7. The van der Waals surface area contributed by atoms with Gasteiger partial charge in [0.1, 0.15) is 0 Å². The summed E-state index contributed by atoms with van der Waals surface area (Å²) in [7, 11) is 0. The lowest BCUT2D eigenvalue weighted by Crippen LogP contribution is -2.13. The van der Waals surface area contributed by atoms with E-state index in [1.165, 1.54) is 0 Å². The molecular formula is C11H9ClN4S. The number of halogens is 1. The largest absolute Gasteiger partial charge is 0.212 e. The van der Waals surface area contributed by atoms with E-state index in [0.717, 1.165) is 33.0 Å². The van der Waals surface area contributed by atoms with Crippen molar-refractivity contribution in [3.8, 4) is 0 Å². The number of rotatable bonds is 1. The van der Waals surface area contributed by atoms with Gasteiger partial charge < -0.3 is 0 Å². The molecule has 4 nitrogen and oxygen atoms in total. The van der Waals surface area contributed by atoms with E-state index in [0.29, 0.717) is 0 Å². The number of benzene rings is 1. The third-order valence-electron chi connectivity index (χ3n) is 2.50. The first kappa shape index (κ1) is 10.8. The van der Waals surface area contributed by atoms with Gasteiger partial charge in [-0.1, -0.05) is 35.5 Å². The molecule has 0 unspecified atom stereocenters. The van der Waals surface area contributed by atoms with Crippen molar-refractivity contribution >= 4 is 29.1 Å². The highest BCUT2D eigenvalue weighted by molar-refractivity contribution is 7.99. The number of thioether (sulfide) groups is 1. The predicted molar refractivity (Wildman–Crippen MR) is 68.9 cm³/mol. The Morgan fingerprint density at radius 2 is 2.00 bits per heavy atom. The van der Waals surface area contributed by atoms with E-state index in [1.54, 1.807) is 16.4 Å². The number of fused-ring (bicyclic) bond motifs is 1. The predicted octanol–water partition coefficient (Wildman–Crippen LogP) is 2.60. The summed E-state index contributed by atoms with van der Waals surface area (Å²) in [5.41, 5.74) is 2.10. The summed E-state index contributed by atoms with van der Waals surface area (Å²) in [4.78, 5) is 0. The normalized spacial score (nSPS) is 14.4. The van der Waals surface area contributed by atoms with Gasteiger partial charge in [-0.25, -0.2) is 0 Å². The summed E-state index contributed by atoms with van der Waals surface area (Å²) < 4.78 is 1.78. The molecular weight excluding hydrogens is 256 g/mol. The molecule has 0 bridgehead atoms. The van der Waals surface area contributed by atoms with Crippen molar-refractivity contribution in [3.63, 3.8) is 0 Å². The van der Waals surface area contributed by atoms with E-state index in [-0.39, 0.29) is 0 Å². The van der Waals surface area contributed by atoms with Gasteiger partial charge in [-0.3, -0.25) is 0 Å². The van der Waals surface area contributed by atoms with Gasteiger partial charge >= 0.3 is 0 Å². The van der Waals surface area contributed by atoms with Crippen molar-refractivity contribution in [1.82, 2.24) is 14.9 Å². The summed E-state index contributed by atoms with van der Waals surface area (Å²) >= 11 is 7.51. The molecule has 0 aliphatic carbocycles. The maximum atomic E-state index is 5.87. The topological polar surface area (TPSA) is 43.1 Å². The number of hydrogen-bond donors (Lipinski definition) is 0. The molecule has 0 fully saturated rings. The molecule has 2 heterocycles. The smallest absolute Gasteiger partial charge is 0.191 e. The molecule has 0 radical (unpaired) electrons. The van der Waals surface area contributed by atoms with E-state index >= 15 is 0 Å². The summed E-state index contributed by atoms with van der Waals surface area (Å²) in [5, 5.41) is 14.2. The first-order valence-electron chi connectivity index (χ1n) is 5.12. The number of aryl methyl sites for hydroxylation is 1. The number of nitrogens with zero attached hydrogens (tertiary/aromatic N) is 4. The first-order chi connectivity index (χ1) is 8.24. The van der Waals surface area contributed by atoms with Gasteiger partial charge in [-0.15, -0.1) is 10.2 Å². The lowest BCUT2D eigenvalue weighted by molar-refractivity contribution is 0.734. The molecule has 1 aromatic heterocycles. The lowest BCUT2D eigenvalue weighted by Gasteiger charge is -2.12. The van der Waals surface area contributed by atoms with Crippen molar-refractivity contribution in [2.24, 2.45) is 5.10 Å². The Hall–Kier alpha value is -1.33. The van der Waals surface area contributed by atoms with Gasteiger partial charge in [0.05, 0.1) is 5.71 Å². The van der Waals surface area contributed by atoms with Crippen LogP contribution in [0.3, 0.4) is 0 Å². The molecule has 0 spiro atoms. The second kappa shape index (κ2) is 4.16. The second-order valence-electron chi connectivity index (χ2n) is 3.68. The fourth-order valence-corrected chi connectivity index (χ4v) is 2.62. The highest BCUT2D eigenvalue weighted by Gasteiger charge is 2.17. The zero-order chi connectivity index (χ0) is 11.8. The molecule has 0 amide bonds. The third-order valence-corrected chi connectivity index (χ3v) is 3.69. The minimum Gasteiger partial charge on any atom is -0.191 e. The monoisotopic (exact) mass is 264 g/mol. The van der Waals surface area contributed by atoms with E-state index in [2.05, 4.69) is 15.3 Å². The van der Waals surface area contributed by atoms with Crippen LogP contribution in [0.25, 0.3) is 0 Å². The fraction of sp³-hybridized carbons (Fsp3) is 0.182. The van der Waals surface area contributed by atoms with Crippen LogP contribution in [0.5, 0.6) is 0 Å². The standard InChI is InChI=1S/C11H9ClN4S/c1-7-13-14-11-16(7)15-10(6-17-11)8-2-4-9(12)5-3-8/h2-5H,6H2,1H3. The summed E-state index contributed by atoms with van der Waals surface area (Å²) in [6.45, 7) is 1.89. The molecule has 0 atom stereocenters. The molecule has 1 aliphatic heterocycles. The Morgan fingerprint density at radius 3 is 2.76 bits per heavy atom. The van der Waals surface area contributed by atoms with E-state index in [4.69, 9.17) is 11.6 Å². The third kappa shape index (κ3) is 1.96. The van der Waals surface area contributed by atoms with Gasteiger partial charge in [-0.05, 0) is 24.6 Å². The Kier molecular flexibility index (Phi) is 2.64. The molecule has 0 saturated carbocycles. The lowest BCUT2D eigenvalue weighted by atomic mass is 10.1. The molecule has 1 aromatic carbocycles. The molecule has 86 valence electrons. The zero-order valence-electron chi connectivity index (χ0n) is 9.09. The van der Waals surface area contributed by atoms with Crippen LogP contribution in [0.4, 0.5) is 0 Å². The molecule has 0 N–H and O–H groups in total. The Morgan fingerprint density at radius 1 is 1.24 bits per heavy atom. The maximum absolute atomic E-state index is 5.87. The quantitative estimate of drug-likeness (QED) is 0.795. The van der Waals surface area contributed by atoms with Crippen LogP contribution in [0.15, 0.2) is 34.5 Å². The van der Waals surface area contributed by atoms with Crippen LogP contribution in [0.2, 0.25) is 5.02 Å². The Balaban J connectivity index is 2.03. The highest BCUT2D eigenvalue weighted by Crippen LogP contribution is 2.24. The van der Waals surface area contributed by atoms with Gasteiger partial charge in [0, 0.05) is 10.8 Å². The van der Waals surface area contributed by atoms with Crippen molar-refractivity contribution < 1.29 is 0 Å². The minimum absolute atomic E-state index is 0.735. The van der Waals surface area contributed by atoms with Crippen molar-refractivity contribution in [1.29, 1.82) is 0 Å². The van der Waals surface area contributed by atoms with E-state index in [1.807, 2.05) is 31.2 Å². The molecule has 1 aliphatic rings. The molecule has 0 saturated heterocycles. The SMILES string of the molecule is Cc1nnc2n1N=C(c1ccc(Cl)cc1)CS2. The van der Waals surface area contributed by atoms with Gasteiger partial charge in [0.15, 0.2) is 5.82 Å². The Bertz CT molecular complexity index is 588. The van der Waals surface area contributed by atoms with Gasteiger partial charge in [-0.2, -0.15) is 9.78 Å². The summed E-state index contributed by atoms with van der Waals surface area (Å²) in [6.07, 6.45) is 0. The van der Waals surface area contributed by atoms with Crippen LogP contribution in [-0.4, -0.2) is 26.3 Å². The maximum Gasteiger partial charge on any atom is 0.212 e. The molecule has 3 rings (SSSR count). The van der Waals surface area contributed by atoms with Crippen LogP contribution in [0, 0.1) is 6.92 Å². The summed E-state index contributed by atoms with van der Waals surface area (Å²) in [6, 6.07) is 7.70. The van der Waals surface area contributed by atoms with E-state index < -0.39 is 0 Å². The van der Waals surface area contributed by atoms with Crippen molar-refractivity contribution in [2.45, 2.75) is 12.1 Å². The van der Waals surface area contributed by atoms with Crippen molar-refractivity contribution in [2.75, 3.05) is 5.75 Å². The van der Waals surface area contributed by atoms with Crippen molar-refractivity contribution in [3.05, 3.63) is 40.7 Å². The van der Waals surface area contributed by atoms with E-state index in [9.17, 15) is 0 Å². The minimum atomic E-state index is 0.735. The van der Waals surface area contributed by atoms with Crippen LogP contribution < -0.4 is 0 Å². The van der Waals surface area contributed by atoms with Crippen LogP contribution >= 0.6 is 23.4 Å². The Labute approximate surface area is 108 Å². The van der Waals surface area contributed by atoms with Gasteiger partial charge in [0.25, 0.3) is 0 Å².